The van der Waals surface area contributed by atoms with Crippen LogP contribution < -0.4 is 14.8 Å². The molecular formula is C16H25NO2. The molecule has 2 atom stereocenters. The molecule has 1 aromatic carbocycles. The maximum atomic E-state index is 6.08. The third-order valence-electron chi connectivity index (χ3n) is 3.60. The van der Waals surface area contributed by atoms with Crippen molar-refractivity contribution in [1.29, 1.82) is 0 Å². The molecule has 2 unspecified atom stereocenters. The fraction of sp³-hybridized carbons (Fsp3) is 0.625. The van der Waals surface area contributed by atoms with Crippen LogP contribution in [0.25, 0.3) is 0 Å². The fourth-order valence-electron chi connectivity index (χ4n) is 2.47. The summed E-state index contributed by atoms with van der Waals surface area (Å²) in [6, 6.07) is 6.48. The van der Waals surface area contributed by atoms with Gasteiger partial charge < -0.3 is 14.8 Å². The van der Waals surface area contributed by atoms with Gasteiger partial charge in [0.1, 0.15) is 11.7 Å². The molecule has 3 heteroatoms. The van der Waals surface area contributed by atoms with Crippen LogP contribution in [0, 0.1) is 0 Å². The van der Waals surface area contributed by atoms with Crippen molar-refractivity contribution in [1.82, 2.24) is 5.32 Å². The highest BCUT2D eigenvalue weighted by molar-refractivity contribution is 5.50. The Morgan fingerprint density at radius 1 is 1.37 bits per heavy atom. The lowest BCUT2D eigenvalue weighted by Crippen LogP contribution is -2.38. The van der Waals surface area contributed by atoms with Crippen molar-refractivity contribution < 1.29 is 9.47 Å². The van der Waals surface area contributed by atoms with E-state index in [9.17, 15) is 0 Å². The van der Waals surface area contributed by atoms with E-state index in [2.05, 4.69) is 46.0 Å². The van der Waals surface area contributed by atoms with E-state index in [1.807, 2.05) is 12.1 Å². The maximum absolute atomic E-state index is 6.08. The number of likely N-dealkylation sites (N-methyl/N-ethyl adjacent to an activating group) is 1. The average Bonchev–Trinajstić information content (AvgIpc) is 2.64. The van der Waals surface area contributed by atoms with E-state index >= 15 is 0 Å². The molecule has 106 valence electrons. The van der Waals surface area contributed by atoms with E-state index < -0.39 is 0 Å². The molecular weight excluding hydrogens is 238 g/mol. The minimum atomic E-state index is -0.127. The van der Waals surface area contributed by atoms with Crippen LogP contribution in [0.15, 0.2) is 18.2 Å². The Morgan fingerprint density at radius 2 is 2.11 bits per heavy atom. The molecule has 0 radical (unpaired) electrons. The van der Waals surface area contributed by atoms with Gasteiger partial charge in [-0.15, -0.1) is 0 Å². The Hall–Kier alpha value is -1.22. The fourth-order valence-corrected chi connectivity index (χ4v) is 2.47. The van der Waals surface area contributed by atoms with Crippen LogP contribution in [0.2, 0.25) is 0 Å². The van der Waals surface area contributed by atoms with Crippen LogP contribution in [0.3, 0.4) is 0 Å². The Labute approximate surface area is 116 Å². The van der Waals surface area contributed by atoms with Gasteiger partial charge in [0, 0.05) is 18.0 Å². The Morgan fingerprint density at radius 3 is 2.79 bits per heavy atom. The third kappa shape index (κ3) is 3.21. The zero-order valence-corrected chi connectivity index (χ0v) is 12.6. The van der Waals surface area contributed by atoms with Gasteiger partial charge in [0.25, 0.3) is 0 Å². The first-order chi connectivity index (χ1) is 8.93. The van der Waals surface area contributed by atoms with Crippen molar-refractivity contribution >= 4 is 0 Å². The second-order valence-corrected chi connectivity index (χ2v) is 5.95. The molecule has 1 aliphatic heterocycles. The molecule has 1 N–H and O–H groups in total. The number of benzene rings is 1. The van der Waals surface area contributed by atoms with E-state index in [1.54, 1.807) is 0 Å². The summed E-state index contributed by atoms with van der Waals surface area (Å²) in [5.41, 5.74) is 1.11. The van der Waals surface area contributed by atoms with Crippen molar-refractivity contribution in [3.63, 3.8) is 0 Å². The van der Waals surface area contributed by atoms with E-state index in [4.69, 9.17) is 9.47 Å². The first-order valence-corrected chi connectivity index (χ1v) is 7.14. The van der Waals surface area contributed by atoms with E-state index in [-0.39, 0.29) is 11.7 Å². The molecule has 0 aliphatic carbocycles. The van der Waals surface area contributed by atoms with Gasteiger partial charge in [0.05, 0.1) is 0 Å². The van der Waals surface area contributed by atoms with Crippen molar-refractivity contribution in [2.45, 2.75) is 58.8 Å². The third-order valence-corrected chi connectivity index (χ3v) is 3.60. The highest BCUT2D eigenvalue weighted by Gasteiger charge is 2.32. The number of hydrogen-bond donors (Lipinski definition) is 1. The summed E-state index contributed by atoms with van der Waals surface area (Å²) in [5, 5.41) is 3.38. The normalized spacial score (nSPS) is 19.4. The quantitative estimate of drug-likeness (QED) is 0.885. The van der Waals surface area contributed by atoms with Crippen LogP contribution in [0.5, 0.6) is 11.5 Å². The SMILES string of the molecule is CCNC(C)C(C)Oc1cccc2c1OC(C)(C)C2. The van der Waals surface area contributed by atoms with Gasteiger partial charge in [-0.25, -0.2) is 0 Å². The zero-order chi connectivity index (χ0) is 14.0. The van der Waals surface area contributed by atoms with Gasteiger partial charge in [-0.1, -0.05) is 19.1 Å². The van der Waals surface area contributed by atoms with E-state index in [0.717, 1.165) is 24.5 Å². The summed E-state index contributed by atoms with van der Waals surface area (Å²) in [7, 11) is 0. The van der Waals surface area contributed by atoms with Crippen LogP contribution >= 0.6 is 0 Å². The predicted molar refractivity (Wildman–Crippen MR) is 78.1 cm³/mol. The molecule has 0 aromatic heterocycles. The summed E-state index contributed by atoms with van der Waals surface area (Å²) in [6.07, 6.45) is 1.05. The van der Waals surface area contributed by atoms with E-state index in [0.29, 0.717) is 6.04 Å². The summed E-state index contributed by atoms with van der Waals surface area (Å²) in [6.45, 7) is 11.5. The van der Waals surface area contributed by atoms with Crippen LogP contribution in [-0.2, 0) is 6.42 Å². The molecule has 1 heterocycles. The highest BCUT2D eigenvalue weighted by atomic mass is 16.5. The molecule has 19 heavy (non-hydrogen) atoms. The minimum Gasteiger partial charge on any atom is -0.485 e. The summed E-state index contributed by atoms with van der Waals surface area (Å²) in [4.78, 5) is 0. The molecule has 1 aromatic rings. The molecule has 2 rings (SSSR count). The van der Waals surface area contributed by atoms with Gasteiger partial charge in [-0.2, -0.15) is 0 Å². The molecule has 0 amide bonds. The van der Waals surface area contributed by atoms with Crippen molar-refractivity contribution in [3.05, 3.63) is 23.8 Å². The Kier molecular flexibility index (Phi) is 4.04. The first kappa shape index (κ1) is 14.2. The van der Waals surface area contributed by atoms with Crippen molar-refractivity contribution in [3.8, 4) is 11.5 Å². The summed E-state index contributed by atoms with van der Waals surface area (Å²) in [5.74, 6) is 1.78. The average molecular weight is 263 g/mol. The summed E-state index contributed by atoms with van der Waals surface area (Å²) >= 11 is 0. The topological polar surface area (TPSA) is 30.5 Å². The molecule has 0 bridgehead atoms. The molecule has 3 nitrogen and oxygen atoms in total. The number of nitrogens with one attached hydrogen (secondary N) is 1. The number of hydrogen-bond acceptors (Lipinski definition) is 3. The lowest BCUT2D eigenvalue weighted by atomic mass is 10.0. The monoisotopic (exact) mass is 263 g/mol. The molecule has 0 saturated heterocycles. The van der Waals surface area contributed by atoms with Gasteiger partial charge in [0.15, 0.2) is 11.5 Å². The molecule has 1 aliphatic rings. The highest BCUT2D eigenvalue weighted by Crippen LogP contribution is 2.42. The Balaban J connectivity index is 2.13. The molecule has 0 spiro atoms. The second-order valence-electron chi connectivity index (χ2n) is 5.95. The van der Waals surface area contributed by atoms with Crippen molar-refractivity contribution in [2.75, 3.05) is 6.54 Å². The number of rotatable bonds is 5. The van der Waals surface area contributed by atoms with Crippen LogP contribution in [0.4, 0.5) is 0 Å². The van der Waals surface area contributed by atoms with Crippen LogP contribution in [-0.4, -0.2) is 24.3 Å². The largest absolute Gasteiger partial charge is 0.485 e. The lowest BCUT2D eigenvalue weighted by Gasteiger charge is -2.24. The Bertz CT molecular complexity index is 442. The smallest absolute Gasteiger partial charge is 0.165 e. The van der Waals surface area contributed by atoms with Gasteiger partial charge >= 0.3 is 0 Å². The van der Waals surface area contributed by atoms with E-state index in [1.165, 1.54) is 5.56 Å². The minimum absolute atomic E-state index is 0.110. The maximum Gasteiger partial charge on any atom is 0.165 e. The van der Waals surface area contributed by atoms with Crippen LogP contribution in [0.1, 0.15) is 40.2 Å². The van der Waals surface area contributed by atoms with Gasteiger partial charge in [-0.3, -0.25) is 0 Å². The first-order valence-electron chi connectivity index (χ1n) is 7.14. The van der Waals surface area contributed by atoms with Gasteiger partial charge in [0.2, 0.25) is 0 Å². The predicted octanol–water partition coefficient (Wildman–Crippen LogP) is 3.17. The molecule has 0 saturated carbocycles. The number of para-hydroxylation sites is 1. The zero-order valence-electron chi connectivity index (χ0n) is 12.6. The molecule has 0 fully saturated rings. The van der Waals surface area contributed by atoms with Gasteiger partial charge in [-0.05, 0) is 40.3 Å². The summed E-state index contributed by atoms with van der Waals surface area (Å²) < 4.78 is 12.1. The lowest BCUT2D eigenvalue weighted by molar-refractivity contribution is 0.122. The number of ether oxygens (including phenoxy) is 2. The van der Waals surface area contributed by atoms with Crippen molar-refractivity contribution in [2.24, 2.45) is 0 Å². The second kappa shape index (κ2) is 5.41. The number of fused-ring (bicyclic) bond motifs is 1. The standard InChI is InChI=1S/C16H25NO2/c1-6-17-11(2)12(3)18-14-9-7-8-13-10-16(4,5)19-15(13)14/h7-9,11-12,17H,6,10H2,1-5H3.